The molecule has 7 heteroatoms. The van der Waals surface area contributed by atoms with Gasteiger partial charge in [-0.3, -0.25) is 0 Å². The molecule has 4 aliphatic carbocycles. The van der Waals surface area contributed by atoms with E-state index < -0.39 is 18.4 Å². The largest absolute Gasteiger partial charge is 0.443 e. The van der Waals surface area contributed by atoms with Crippen molar-refractivity contribution in [1.29, 1.82) is 0 Å². The van der Waals surface area contributed by atoms with Gasteiger partial charge in [-0.25, -0.2) is 13.9 Å². The number of rotatable bonds is 3. The summed E-state index contributed by atoms with van der Waals surface area (Å²) < 4.78 is 21.5. The fourth-order valence-electron chi connectivity index (χ4n) is 4.48. The third-order valence-corrected chi connectivity index (χ3v) is 5.90. The third kappa shape index (κ3) is 2.87. The van der Waals surface area contributed by atoms with E-state index in [9.17, 15) is 9.18 Å². The predicted molar refractivity (Wildman–Crippen MR) is 92.0 cm³/mol. The van der Waals surface area contributed by atoms with Gasteiger partial charge in [0.2, 0.25) is 0 Å². The average Bonchev–Trinajstić information content (AvgIpc) is 2.96. The van der Waals surface area contributed by atoms with Gasteiger partial charge >= 0.3 is 6.09 Å². The van der Waals surface area contributed by atoms with Crippen molar-refractivity contribution >= 4 is 11.9 Å². The van der Waals surface area contributed by atoms with Crippen LogP contribution in [0.3, 0.4) is 0 Å². The second-order valence-corrected chi connectivity index (χ2v) is 9.09. The van der Waals surface area contributed by atoms with E-state index in [0.29, 0.717) is 18.7 Å². The summed E-state index contributed by atoms with van der Waals surface area (Å²) in [5, 5.41) is 7.49. The lowest BCUT2D eigenvalue weighted by Gasteiger charge is -2.61. The summed E-state index contributed by atoms with van der Waals surface area (Å²) in [6, 6.07) is 1.81. The van der Waals surface area contributed by atoms with Crippen LogP contribution in [-0.2, 0) is 10.3 Å². The van der Waals surface area contributed by atoms with Gasteiger partial charge in [-0.2, -0.15) is 5.10 Å². The smallest absolute Gasteiger partial charge is 0.407 e. The van der Waals surface area contributed by atoms with Gasteiger partial charge in [-0.15, -0.1) is 0 Å². The van der Waals surface area contributed by atoms with Gasteiger partial charge in [-0.1, -0.05) is 0 Å². The number of nitrogens with zero attached hydrogens (tertiary/aromatic N) is 2. The van der Waals surface area contributed by atoms with Crippen molar-refractivity contribution in [3.8, 4) is 0 Å². The first-order valence-electron chi connectivity index (χ1n) is 9.14. The highest BCUT2D eigenvalue weighted by Gasteiger charge is 2.58. The van der Waals surface area contributed by atoms with Crippen LogP contribution < -0.4 is 11.1 Å². The van der Waals surface area contributed by atoms with Crippen molar-refractivity contribution in [3.63, 3.8) is 0 Å². The number of carbonyl (C=O) groups excluding carboxylic acids is 1. The Kier molecular flexibility index (Phi) is 3.57. The van der Waals surface area contributed by atoms with E-state index in [1.54, 1.807) is 4.68 Å². The molecule has 138 valence electrons. The second kappa shape index (κ2) is 5.35. The summed E-state index contributed by atoms with van der Waals surface area (Å²) in [5.74, 6) is 1.27. The van der Waals surface area contributed by atoms with Crippen LogP contribution in [0.1, 0.15) is 64.5 Å². The summed E-state index contributed by atoms with van der Waals surface area (Å²) in [6.45, 7) is 6.07. The van der Waals surface area contributed by atoms with Crippen molar-refractivity contribution in [2.45, 2.75) is 82.1 Å². The number of nitrogens with one attached hydrogen (secondary N) is 1. The average molecular weight is 350 g/mol. The lowest BCUT2D eigenvalue weighted by molar-refractivity contribution is -0.0530. The minimum atomic E-state index is -1.16. The zero-order chi connectivity index (χ0) is 18.0. The van der Waals surface area contributed by atoms with Crippen molar-refractivity contribution in [2.75, 3.05) is 5.73 Å². The predicted octanol–water partition coefficient (Wildman–Crippen LogP) is 3.08. The van der Waals surface area contributed by atoms with Crippen LogP contribution in [0, 0.1) is 5.92 Å². The highest BCUT2D eigenvalue weighted by molar-refractivity contribution is 5.69. The molecule has 1 amide bonds. The zero-order valence-electron chi connectivity index (χ0n) is 15.1. The van der Waals surface area contributed by atoms with Gasteiger partial charge in [0, 0.05) is 17.5 Å². The first-order valence-corrected chi connectivity index (χ1v) is 9.14. The fourth-order valence-corrected chi connectivity index (χ4v) is 4.48. The van der Waals surface area contributed by atoms with E-state index in [2.05, 4.69) is 10.4 Å². The quantitative estimate of drug-likeness (QED) is 0.878. The highest BCUT2D eigenvalue weighted by Crippen LogP contribution is 2.57. The summed E-state index contributed by atoms with van der Waals surface area (Å²) >= 11 is 0. The van der Waals surface area contributed by atoms with E-state index in [1.807, 2.05) is 26.8 Å². The van der Waals surface area contributed by atoms with Crippen LogP contribution in [0.2, 0.25) is 0 Å². The first kappa shape index (κ1) is 16.7. The number of ether oxygens (including phenoxy) is 1. The van der Waals surface area contributed by atoms with Crippen molar-refractivity contribution in [1.82, 2.24) is 15.1 Å². The summed E-state index contributed by atoms with van der Waals surface area (Å²) in [7, 11) is 0. The number of hydrogen-bond acceptors (Lipinski definition) is 4. The molecule has 1 aromatic rings. The molecule has 1 aromatic heterocycles. The molecule has 0 radical (unpaired) electrons. The summed E-state index contributed by atoms with van der Waals surface area (Å²) in [5.41, 5.74) is 6.55. The lowest BCUT2D eigenvalue weighted by Crippen LogP contribution is -2.68. The Morgan fingerprint density at radius 3 is 2.60 bits per heavy atom. The maximum Gasteiger partial charge on any atom is 0.407 e. The monoisotopic (exact) mass is 350 g/mol. The summed E-state index contributed by atoms with van der Waals surface area (Å²) in [4.78, 5) is 12.1. The SMILES string of the molecule is CC(C)(C)n1nc([C@@H]2C[C@@H](F)[C@H](OC(=O)NC34CC(C3)C4)C2)cc1N. The van der Waals surface area contributed by atoms with Crippen LogP contribution in [0.4, 0.5) is 15.0 Å². The van der Waals surface area contributed by atoms with Gasteiger partial charge < -0.3 is 15.8 Å². The van der Waals surface area contributed by atoms with Crippen molar-refractivity contribution in [2.24, 2.45) is 5.92 Å². The van der Waals surface area contributed by atoms with Crippen LogP contribution in [0.25, 0.3) is 0 Å². The highest BCUT2D eigenvalue weighted by atomic mass is 19.1. The number of nitrogens with two attached hydrogens (primary N) is 1. The molecule has 25 heavy (non-hydrogen) atoms. The number of aromatic nitrogens is 2. The minimum absolute atomic E-state index is 0.0501. The molecule has 1 heterocycles. The molecule has 0 aliphatic heterocycles. The molecule has 0 spiro atoms. The topological polar surface area (TPSA) is 82.2 Å². The van der Waals surface area contributed by atoms with E-state index in [4.69, 9.17) is 10.5 Å². The first-order chi connectivity index (χ1) is 11.7. The van der Waals surface area contributed by atoms with Crippen LogP contribution in [0.15, 0.2) is 6.07 Å². The molecule has 2 bridgehead atoms. The van der Waals surface area contributed by atoms with Gasteiger partial charge in [0.15, 0.2) is 0 Å². The molecule has 3 N–H and O–H groups in total. The van der Waals surface area contributed by atoms with E-state index in [0.717, 1.165) is 30.9 Å². The van der Waals surface area contributed by atoms with Crippen LogP contribution in [-0.4, -0.2) is 33.7 Å². The number of carbonyl (C=O) groups is 1. The molecule has 6 nitrogen and oxygen atoms in total. The fraction of sp³-hybridized carbons (Fsp3) is 0.778. The molecule has 3 atom stereocenters. The number of anilines is 1. The van der Waals surface area contributed by atoms with Gasteiger partial charge in [0.1, 0.15) is 18.1 Å². The molecule has 0 aromatic carbocycles. The van der Waals surface area contributed by atoms with Gasteiger partial charge in [0.25, 0.3) is 0 Å². The molecule has 4 saturated carbocycles. The normalized spacial score (nSPS) is 36.5. The molecule has 0 unspecified atom stereocenters. The Labute approximate surface area is 147 Å². The maximum absolute atomic E-state index is 14.4. The number of alkyl halides is 1. The lowest BCUT2D eigenvalue weighted by atomic mass is 9.50. The Bertz CT molecular complexity index is 679. The van der Waals surface area contributed by atoms with Gasteiger partial charge in [0.05, 0.1) is 11.2 Å². The molecule has 0 saturated heterocycles. The molecule has 4 fully saturated rings. The zero-order valence-corrected chi connectivity index (χ0v) is 15.1. The molecular formula is C18H27FN4O2. The van der Waals surface area contributed by atoms with Crippen LogP contribution >= 0.6 is 0 Å². The van der Waals surface area contributed by atoms with E-state index >= 15 is 0 Å². The van der Waals surface area contributed by atoms with Crippen molar-refractivity contribution in [3.05, 3.63) is 11.8 Å². The third-order valence-electron chi connectivity index (χ3n) is 5.90. The van der Waals surface area contributed by atoms with E-state index in [1.165, 1.54) is 0 Å². The summed E-state index contributed by atoms with van der Waals surface area (Å²) in [6.07, 6.45) is 1.53. The number of nitrogen functional groups attached to an aromatic ring is 1. The Hall–Kier alpha value is -1.79. The van der Waals surface area contributed by atoms with Gasteiger partial charge in [-0.05, 0) is 58.8 Å². The molecule has 4 aliphatic rings. The molecular weight excluding hydrogens is 323 g/mol. The number of halogens is 1. The number of alkyl carbamates (subject to hydrolysis) is 1. The number of amides is 1. The Balaban J connectivity index is 1.38. The molecule has 5 rings (SSSR count). The van der Waals surface area contributed by atoms with Crippen molar-refractivity contribution < 1.29 is 13.9 Å². The maximum atomic E-state index is 14.4. The Morgan fingerprint density at radius 2 is 2.08 bits per heavy atom. The van der Waals surface area contributed by atoms with Crippen LogP contribution in [0.5, 0.6) is 0 Å². The minimum Gasteiger partial charge on any atom is -0.443 e. The second-order valence-electron chi connectivity index (χ2n) is 9.09. The Morgan fingerprint density at radius 1 is 1.40 bits per heavy atom. The number of hydrogen-bond donors (Lipinski definition) is 2. The van der Waals surface area contributed by atoms with E-state index in [-0.39, 0.29) is 17.0 Å². The standard InChI is InChI=1S/C18H27FN4O2/c1-17(2,3)23-15(20)6-13(22-23)11-4-12(19)14(5-11)25-16(24)21-18-7-10(8-18)9-18/h6,10-12,14H,4-5,7-9,20H2,1-3H3,(H,21,24)/t10?,11-,12-,14-,18?/m1/s1.